The average molecular weight is 317 g/mol. The number of rotatable bonds is 3. The van der Waals surface area contributed by atoms with Gasteiger partial charge in [0.25, 0.3) is 0 Å². The second-order valence-corrected chi connectivity index (χ2v) is 6.08. The molecule has 3 atom stereocenters. The summed E-state index contributed by atoms with van der Waals surface area (Å²) in [7, 11) is 0. The summed E-state index contributed by atoms with van der Waals surface area (Å²) >= 11 is 0. The quantitative estimate of drug-likeness (QED) is 0.514. The summed E-state index contributed by atoms with van der Waals surface area (Å²) in [5, 5.41) is 2.78. The summed E-state index contributed by atoms with van der Waals surface area (Å²) < 4.78 is 52.7. The van der Waals surface area contributed by atoms with Crippen LogP contribution in [0.25, 0.3) is 0 Å². The van der Waals surface area contributed by atoms with Crippen LogP contribution in [-0.2, 0) is 11.2 Å². The predicted molar refractivity (Wildman–Crippen MR) is 74.1 cm³/mol. The van der Waals surface area contributed by atoms with Crippen molar-refractivity contribution in [3.05, 3.63) is 34.9 Å². The Morgan fingerprint density at radius 1 is 1.14 bits per heavy atom. The minimum atomic E-state index is -1.89. The summed E-state index contributed by atoms with van der Waals surface area (Å²) in [6.45, 7) is 4.14. The Morgan fingerprint density at radius 3 is 2.50 bits per heavy atom. The van der Waals surface area contributed by atoms with Gasteiger partial charge in [0.15, 0.2) is 23.3 Å². The van der Waals surface area contributed by atoms with Gasteiger partial charge in [-0.1, -0.05) is 26.7 Å². The van der Waals surface area contributed by atoms with Crippen molar-refractivity contribution < 1.29 is 22.4 Å². The second kappa shape index (κ2) is 6.67. The number of hydrogen-bond donors (Lipinski definition) is 1. The third-order valence-corrected chi connectivity index (χ3v) is 4.58. The molecule has 1 aromatic rings. The lowest BCUT2D eigenvalue weighted by molar-refractivity contribution is -0.121. The van der Waals surface area contributed by atoms with E-state index in [-0.39, 0.29) is 12.0 Å². The highest BCUT2D eigenvalue weighted by atomic mass is 19.2. The van der Waals surface area contributed by atoms with E-state index in [4.69, 9.17) is 0 Å². The fraction of sp³-hybridized carbons (Fsp3) is 0.562. The summed E-state index contributed by atoms with van der Waals surface area (Å²) in [5.74, 6) is -6.53. The van der Waals surface area contributed by atoms with E-state index in [0.717, 1.165) is 19.3 Å². The summed E-state index contributed by atoms with van der Waals surface area (Å²) in [6.07, 6.45) is 2.39. The number of amides is 1. The van der Waals surface area contributed by atoms with E-state index in [2.05, 4.69) is 12.2 Å². The van der Waals surface area contributed by atoms with Crippen LogP contribution in [0, 0.1) is 35.1 Å². The molecule has 1 aromatic carbocycles. The molecule has 1 fully saturated rings. The lowest BCUT2D eigenvalue weighted by Crippen LogP contribution is -2.44. The van der Waals surface area contributed by atoms with Crippen LogP contribution in [0.2, 0.25) is 0 Å². The predicted octanol–water partition coefficient (Wildman–Crippen LogP) is 3.73. The van der Waals surface area contributed by atoms with Crippen molar-refractivity contribution >= 4 is 5.91 Å². The molecule has 0 aromatic heterocycles. The van der Waals surface area contributed by atoms with E-state index in [1.807, 2.05) is 6.92 Å². The zero-order valence-electron chi connectivity index (χ0n) is 12.6. The highest BCUT2D eigenvalue weighted by Crippen LogP contribution is 2.29. The molecule has 122 valence electrons. The van der Waals surface area contributed by atoms with Crippen LogP contribution >= 0.6 is 0 Å². The van der Waals surface area contributed by atoms with Crippen molar-refractivity contribution in [1.82, 2.24) is 5.32 Å². The van der Waals surface area contributed by atoms with Crippen LogP contribution in [0.4, 0.5) is 17.6 Å². The molecule has 1 aliphatic carbocycles. The van der Waals surface area contributed by atoms with Gasteiger partial charge in [0.1, 0.15) is 0 Å². The SMILES string of the molecule is CC1CCCC(NC(=O)Cc2cc(F)c(F)c(F)c2F)C1C. The molecule has 0 saturated heterocycles. The molecule has 22 heavy (non-hydrogen) atoms. The summed E-state index contributed by atoms with van der Waals surface area (Å²) in [5.41, 5.74) is -0.481. The molecule has 2 nitrogen and oxygen atoms in total. The molecule has 2 rings (SSSR count). The Balaban J connectivity index is 2.06. The summed E-state index contributed by atoms with van der Waals surface area (Å²) in [4.78, 5) is 12.0. The number of carbonyl (C=O) groups excluding carboxylic acids is 1. The molecule has 6 heteroatoms. The Morgan fingerprint density at radius 2 is 1.82 bits per heavy atom. The zero-order valence-corrected chi connectivity index (χ0v) is 12.6. The van der Waals surface area contributed by atoms with Gasteiger partial charge in [0, 0.05) is 11.6 Å². The highest BCUT2D eigenvalue weighted by Gasteiger charge is 2.28. The van der Waals surface area contributed by atoms with Gasteiger partial charge in [0.05, 0.1) is 6.42 Å². The molecular formula is C16H19F4NO. The molecule has 0 heterocycles. The topological polar surface area (TPSA) is 29.1 Å². The zero-order chi connectivity index (χ0) is 16.4. The molecule has 0 radical (unpaired) electrons. The van der Waals surface area contributed by atoms with E-state index in [1.165, 1.54) is 0 Å². The number of nitrogens with one attached hydrogen (secondary N) is 1. The normalized spacial score (nSPS) is 25.1. The third-order valence-electron chi connectivity index (χ3n) is 4.58. The van der Waals surface area contributed by atoms with Crippen molar-refractivity contribution in [3.63, 3.8) is 0 Å². The molecule has 3 unspecified atom stereocenters. The van der Waals surface area contributed by atoms with Gasteiger partial charge in [0.2, 0.25) is 5.91 Å². The maximum absolute atomic E-state index is 13.6. The van der Waals surface area contributed by atoms with E-state index in [9.17, 15) is 22.4 Å². The van der Waals surface area contributed by atoms with Crippen molar-refractivity contribution in [1.29, 1.82) is 0 Å². The molecule has 0 bridgehead atoms. The molecular weight excluding hydrogens is 298 g/mol. The molecule has 1 N–H and O–H groups in total. The number of benzene rings is 1. The fourth-order valence-electron chi connectivity index (χ4n) is 2.97. The fourth-order valence-corrected chi connectivity index (χ4v) is 2.97. The number of halogens is 4. The lowest BCUT2D eigenvalue weighted by Gasteiger charge is -2.34. The first-order valence-electron chi connectivity index (χ1n) is 7.42. The Bertz CT molecular complexity index is 576. The van der Waals surface area contributed by atoms with Gasteiger partial charge in [-0.2, -0.15) is 0 Å². The van der Waals surface area contributed by atoms with Gasteiger partial charge in [-0.3, -0.25) is 4.79 Å². The van der Waals surface area contributed by atoms with Crippen LogP contribution in [0.1, 0.15) is 38.7 Å². The molecule has 1 amide bonds. The monoisotopic (exact) mass is 317 g/mol. The van der Waals surface area contributed by atoms with Crippen molar-refractivity contribution in [2.75, 3.05) is 0 Å². The van der Waals surface area contributed by atoms with E-state index in [0.29, 0.717) is 12.0 Å². The van der Waals surface area contributed by atoms with E-state index < -0.39 is 41.2 Å². The highest BCUT2D eigenvalue weighted by molar-refractivity contribution is 5.79. The van der Waals surface area contributed by atoms with Gasteiger partial charge in [-0.25, -0.2) is 17.6 Å². The minimum absolute atomic E-state index is 0.0329. The Hall–Kier alpha value is -1.59. The van der Waals surface area contributed by atoms with Gasteiger partial charge >= 0.3 is 0 Å². The largest absolute Gasteiger partial charge is 0.353 e. The van der Waals surface area contributed by atoms with E-state index >= 15 is 0 Å². The van der Waals surface area contributed by atoms with Crippen LogP contribution < -0.4 is 5.32 Å². The van der Waals surface area contributed by atoms with Crippen molar-refractivity contribution in [2.24, 2.45) is 11.8 Å². The second-order valence-electron chi connectivity index (χ2n) is 6.08. The molecule has 0 spiro atoms. The molecule has 1 aliphatic rings. The Labute approximate surface area is 126 Å². The maximum Gasteiger partial charge on any atom is 0.224 e. The smallest absolute Gasteiger partial charge is 0.224 e. The lowest BCUT2D eigenvalue weighted by atomic mass is 9.78. The third kappa shape index (κ3) is 3.42. The number of carbonyl (C=O) groups is 1. The van der Waals surface area contributed by atoms with Crippen LogP contribution in [0.3, 0.4) is 0 Å². The first kappa shape index (κ1) is 16.8. The van der Waals surface area contributed by atoms with Crippen LogP contribution in [0.5, 0.6) is 0 Å². The van der Waals surface area contributed by atoms with Crippen LogP contribution in [0.15, 0.2) is 6.07 Å². The van der Waals surface area contributed by atoms with Gasteiger partial charge < -0.3 is 5.32 Å². The standard InChI is InChI=1S/C16H19F4NO/c1-8-4-3-5-12(9(8)2)21-13(22)7-10-6-11(17)15(19)16(20)14(10)18/h6,8-9,12H,3-5,7H2,1-2H3,(H,21,22). The molecule has 1 saturated carbocycles. The van der Waals surface area contributed by atoms with Crippen molar-refractivity contribution in [2.45, 2.75) is 45.6 Å². The maximum atomic E-state index is 13.6. The van der Waals surface area contributed by atoms with Crippen LogP contribution in [-0.4, -0.2) is 11.9 Å². The van der Waals surface area contributed by atoms with E-state index in [1.54, 1.807) is 0 Å². The Kier molecular flexibility index (Phi) is 5.08. The first-order chi connectivity index (χ1) is 10.3. The van der Waals surface area contributed by atoms with Gasteiger partial charge in [-0.05, 0) is 24.3 Å². The minimum Gasteiger partial charge on any atom is -0.353 e. The van der Waals surface area contributed by atoms with Gasteiger partial charge in [-0.15, -0.1) is 0 Å². The first-order valence-corrected chi connectivity index (χ1v) is 7.42. The summed E-state index contributed by atoms with van der Waals surface area (Å²) in [6, 6.07) is 0.495. The number of hydrogen-bond acceptors (Lipinski definition) is 1. The average Bonchev–Trinajstić information content (AvgIpc) is 2.47. The van der Waals surface area contributed by atoms with Crippen molar-refractivity contribution in [3.8, 4) is 0 Å². The molecule has 0 aliphatic heterocycles.